The van der Waals surface area contributed by atoms with E-state index in [4.69, 9.17) is 0 Å². The van der Waals surface area contributed by atoms with E-state index in [0.29, 0.717) is 36.6 Å². The lowest BCUT2D eigenvalue weighted by molar-refractivity contribution is -0.138. The highest BCUT2D eigenvalue weighted by molar-refractivity contribution is 5.44. The van der Waals surface area contributed by atoms with E-state index in [1.807, 2.05) is 23.4 Å². The zero-order valence-electron chi connectivity index (χ0n) is 11.8. The van der Waals surface area contributed by atoms with Crippen molar-refractivity contribution in [3.05, 3.63) is 40.7 Å². The zero-order chi connectivity index (χ0) is 15.2. The number of alkyl halides is 3. The molecule has 0 fully saturated rings. The maximum absolute atomic E-state index is 13.0. The van der Waals surface area contributed by atoms with E-state index in [0.717, 1.165) is 11.9 Å². The highest BCUT2D eigenvalue weighted by Gasteiger charge is 2.35. The number of rotatable bonds is 1. The first-order valence-corrected chi connectivity index (χ1v) is 6.67. The van der Waals surface area contributed by atoms with Crippen molar-refractivity contribution in [2.45, 2.75) is 26.1 Å². The number of anilines is 1. The summed E-state index contributed by atoms with van der Waals surface area (Å²) in [6.07, 6.45) is -3.94. The van der Waals surface area contributed by atoms with Crippen LogP contribution in [-0.2, 0) is 26.2 Å². The molecule has 2 aromatic rings. The van der Waals surface area contributed by atoms with Gasteiger partial charge in [0.15, 0.2) is 0 Å². The SMILES string of the molecule is Cc1nnc(N2CCc3c(cccc3C(F)(F)F)C2)n1C. The molecule has 0 saturated heterocycles. The van der Waals surface area contributed by atoms with Gasteiger partial charge in [0.1, 0.15) is 5.82 Å². The molecule has 3 rings (SSSR count). The number of fused-ring (bicyclic) bond motifs is 1. The quantitative estimate of drug-likeness (QED) is 0.811. The molecule has 0 spiro atoms. The summed E-state index contributed by atoms with van der Waals surface area (Å²) >= 11 is 0. The fraction of sp³-hybridized carbons (Fsp3) is 0.429. The summed E-state index contributed by atoms with van der Waals surface area (Å²) in [5.74, 6) is 1.47. The highest BCUT2D eigenvalue weighted by Crippen LogP contribution is 2.36. The molecule has 0 amide bonds. The van der Waals surface area contributed by atoms with E-state index in [1.165, 1.54) is 6.07 Å². The molecule has 0 radical (unpaired) electrons. The van der Waals surface area contributed by atoms with Gasteiger partial charge in [0.2, 0.25) is 5.95 Å². The largest absolute Gasteiger partial charge is 0.416 e. The number of nitrogens with zero attached hydrogens (tertiary/aromatic N) is 4. The Balaban J connectivity index is 1.95. The first kappa shape index (κ1) is 13.9. The lowest BCUT2D eigenvalue weighted by Gasteiger charge is -2.30. The van der Waals surface area contributed by atoms with E-state index in [9.17, 15) is 13.2 Å². The molecule has 0 bridgehead atoms. The van der Waals surface area contributed by atoms with Gasteiger partial charge in [-0.3, -0.25) is 0 Å². The number of hydrogen-bond acceptors (Lipinski definition) is 3. The lowest BCUT2D eigenvalue weighted by atomic mass is 9.94. The fourth-order valence-corrected chi connectivity index (χ4v) is 2.72. The normalized spacial score (nSPS) is 15.2. The number of aryl methyl sites for hydroxylation is 1. The van der Waals surface area contributed by atoms with Gasteiger partial charge in [-0.15, -0.1) is 10.2 Å². The average Bonchev–Trinajstić information content (AvgIpc) is 2.77. The summed E-state index contributed by atoms with van der Waals surface area (Å²) < 4.78 is 40.9. The molecule has 1 aromatic carbocycles. The maximum Gasteiger partial charge on any atom is 0.416 e. The Labute approximate surface area is 120 Å². The number of hydrogen-bond donors (Lipinski definition) is 0. The van der Waals surface area contributed by atoms with Crippen LogP contribution in [-0.4, -0.2) is 21.3 Å². The van der Waals surface area contributed by atoms with Crippen LogP contribution < -0.4 is 4.90 Å². The topological polar surface area (TPSA) is 34.0 Å². The summed E-state index contributed by atoms with van der Waals surface area (Å²) in [5, 5.41) is 8.10. The van der Waals surface area contributed by atoms with Crippen molar-refractivity contribution < 1.29 is 13.2 Å². The number of halogens is 3. The number of benzene rings is 1. The number of aromatic nitrogens is 3. The minimum Gasteiger partial charge on any atom is -0.336 e. The second-order valence-corrected chi connectivity index (χ2v) is 5.22. The molecule has 1 aliphatic rings. The molecule has 0 N–H and O–H groups in total. The van der Waals surface area contributed by atoms with Gasteiger partial charge in [0.25, 0.3) is 0 Å². The monoisotopic (exact) mass is 296 g/mol. The minimum absolute atomic E-state index is 0.358. The summed E-state index contributed by atoms with van der Waals surface area (Å²) in [7, 11) is 1.85. The van der Waals surface area contributed by atoms with Crippen LogP contribution in [0.3, 0.4) is 0 Å². The molecule has 7 heteroatoms. The van der Waals surface area contributed by atoms with E-state index in [-0.39, 0.29) is 0 Å². The lowest BCUT2D eigenvalue weighted by Crippen LogP contribution is -2.33. The van der Waals surface area contributed by atoms with Gasteiger partial charge in [-0.1, -0.05) is 12.1 Å². The Morgan fingerprint density at radius 1 is 1.19 bits per heavy atom. The molecule has 0 atom stereocenters. The highest BCUT2D eigenvalue weighted by atomic mass is 19.4. The molecule has 1 aliphatic heterocycles. The van der Waals surface area contributed by atoms with E-state index < -0.39 is 11.7 Å². The van der Waals surface area contributed by atoms with Crippen LogP contribution in [0.2, 0.25) is 0 Å². The van der Waals surface area contributed by atoms with Crippen molar-refractivity contribution in [3.8, 4) is 0 Å². The summed E-state index contributed by atoms with van der Waals surface area (Å²) in [6.45, 7) is 2.77. The second kappa shape index (κ2) is 4.75. The van der Waals surface area contributed by atoms with Gasteiger partial charge in [-0.05, 0) is 30.5 Å². The van der Waals surface area contributed by atoms with Crippen LogP contribution in [0.15, 0.2) is 18.2 Å². The van der Waals surface area contributed by atoms with Crippen LogP contribution in [0, 0.1) is 6.92 Å². The Morgan fingerprint density at radius 2 is 1.95 bits per heavy atom. The van der Waals surface area contributed by atoms with Crippen molar-refractivity contribution in [2.75, 3.05) is 11.4 Å². The van der Waals surface area contributed by atoms with Gasteiger partial charge in [-0.25, -0.2) is 0 Å². The Hall–Kier alpha value is -2.05. The first-order valence-electron chi connectivity index (χ1n) is 6.67. The van der Waals surface area contributed by atoms with E-state index >= 15 is 0 Å². The molecular formula is C14H15F3N4. The molecule has 0 saturated carbocycles. The minimum atomic E-state index is -4.30. The Bertz CT molecular complexity index is 675. The van der Waals surface area contributed by atoms with Gasteiger partial charge >= 0.3 is 6.18 Å². The molecule has 4 nitrogen and oxygen atoms in total. The second-order valence-electron chi connectivity index (χ2n) is 5.22. The van der Waals surface area contributed by atoms with Gasteiger partial charge in [-0.2, -0.15) is 13.2 Å². The third-order valence-corrected chi connectivity index (χ3v) is 3.92. The molecule has 0 aliphatic carbocycles. The Kier molecular flexibility index (Phi) is 3.15. The first-order chi connectivity index (χ1) is 9.88. The maximum atomic E-state index is 13.0. The Morgan fingerprint density at radius 3 is 2.57 bits per heavy atom. The van der Waals surface area contributed by atoms with Crippen LogP contribution in [0.5, 0.6) is 0 Å². The van der Waals surface area contributed by atoms with Gasteiger partial charge < -0.3 is 9.47 Å². The summed E-state index contributed by atoms with van der Waals surface area (Å²) in [4.78, 5) is 1.96. The van der Waals surface area contributed by atoms with Crippen LogP contribution in [0.4, 0.5) is 19.1 Å². The predicted molar refractivity (Wildman–Crippen MR) is 71.9 cm³/mol. The standard InChI is InChI=1S/C14H15F3N4/c1-9-18-19-13(20(9)2)21-7-6-11-10(8-21)4-3-5-12(11)14(15,16)17/h3-5H,6-8H2,1-2H3. The van der Waals surface area contributed by atoms with Crippen molar-refractivity contribution in [1.29, 1.82) is 0 Å². The molecule has 1 aromatic heterocycles. The van der Waals surface area contributed by atoms with Gasteiger partial charge in [0.05, 0.1) is 5.56 Å². The average molecular weight is 296 g/mol. The molecular weight excluding hydrogens is 281 g/mol. The van der Waals surface area contributed by atoms with Crippen molar-refractivity contribution >= 4 is 5.95 Å². The predicted octanol–water partition coefficient (Wildman–Crippen LogP) is 2.71. The summed E-state index contributed by atoms with van der Waals surface area (Å²) in [6, 6.07) is 4.37. The molecule has 2 heterocycles. The molecule has 112 valence electrons. The smallest absolute Gasteiger partial charge is 0.336 e. The summed E-state index contributed by atoms with van der Waals surface area (Å²) in [5.41, 5.74) is 0.589. The van der Waals surface area contributed by atoms with Crippen LogP contribution >= 0.6 is 0 Å². The van der Waals surface area contributed by atoms with Crippen LogP contribution in [0.1, 0.15) is 22.5 Å². The third kappa shape index (κ3) is 2.36. The van der Waals surface area contributed by atoms with E-state index in [1.54, 1.807) is 6.07 Å². The fourth-order valence-electron chi connectivity index (χ4n) is 2.72. The zero-order valence-corrected chi connectivity index (χ0v) is 11.8. The van der Waals surface area contributed by atoms with Crippen molar-refractivity contribution in [2.24, 2.45) is 7.05 Å². The molecule has 21 heavy (non-hydrogen) atoms. The van der Waals surface area contributed by atoms with E-state index in [2.05, 4.69) is 10.2 Å². The van der Waals surface area contributed by atoms with Gasteiger partial charge in [0, 0.05) is 20.1 Å². The molecule has 0 unspecified atom stereocenters. The van der Waals surface area contributed by atoms with Crippen molar-refractivity contribution in [1.82, 2.24) is 14.8 Å². The van der Waals surface area contributed by atoms with Crippen LogP contribution in [0.25, 0.3) is 0 Å². The third-order valence-electron chi connectivity index (χ3n) is 3.92. The van der Waals surface area contributed by atoms with Crippen molar-refractivity contribution in [3.63, 3.8) is 0 Å².